The highest BCUT2D eigenvalue weighted by atomic mass is 16.6. The molecule has 0 fully saturated rings. The minimum absolute atomic E-state index is 0.263. The van der Waals surface area contributed by atoms with E-state index in [-0.39, 0.29) is 5.70 Å². The van der Waals surface area contributed by atoms with Gasteiger partial charge < -0.3 is 9.47 Å². The predicted octanol–water partition coefficient (Wildman–Crippen LogP) is 4.75. The molecule has 3 aromatic rings. The van der Waals surface area contributed by atoms with Gasteiger partial charge in [0.2, 0.25) is 5.90 Å². The molecule has 1 heterocycles. The van der Waals surface area contributed by atoms with Crippen LogP contribution in [0.1, 0.15) is 11.1 Å². The van der Waals surface area contributed by atoms with Crippen molar-refractivity contribution >= 4 is 28.7 Å². The molecule has 0 saturated heterocycles. The largest absolute Gasteiger partial charge is 0.490 e. The Bertz CT molecular complexity index is 1090. The first-order chi connectivity index (χ1) is 13.2. The highest BCUT2D eigenvalue weighted by molar-refractivity contribution is 6.17. The normalized spacial score (nSPS) is 14.9. The molecule has 0 aliphatic carbocycles. The first kappa shape index (κ1) is 16.8. The van der Waals surface area contributed by atoms with Gasteiger partial charge in [0.25, 0.3) is 0 Å². The van der Waals surface area contributed by atoms with Gasteiger partial charge in [-0.25, -0.2) is 9.79 Å². The summed E-state index contributed by atoms with van der Waals surface area (Å²) in [6, 6.07) is 21.2. The maximum absolute atomic E-state index is 12.3. The van der Waals surface area contributed by atoms with Gasteiger partial charge in [-0.2, -0.15) is 0 Å². The summed E-state index contributed by atoms with van der Waals surface area (Å²) in [6.45, 7) is 4.06. The van der Waals surface area contributed by atoms with Crippen LogP contribution in [0.5, 0.6) is 5.75 Å². The van der Waals surface area contributed by atoms with Gasteiger partial charge in [0, 0.05) is 5.56 Å². The summed E-state index contributed by atoms with van der Waals surface area (Å²) < 4.78 is 11.0. The number of hydrogen-bond acceptors (Lipinski definition) is 4. The van der Waals surface area contributed by atoms with Crippen LogP contribution < -0.4 is 4.74 Å². The maximum Gasteiger partial charge on any atom is 0.363 e. The number of hydrogen-bond donors (Lipinski definition) is 0. The minimum Gasteiger partial charge on any atom is -0.490 e. The van der Waals surface area contributed by atoms with Crippen LogP contribution in [0.25, 0.3) is 16.8 Å². The molecular formula is C23H17NO3. The molecule has 0 aromatic heterocycles. The SMILES string of the molecule is C=CCOc1cccc(C=C2N=C(c3cccc4ccccc34)OC2=O)c1. The molecule has 0 saturated carbocycles. The van der Waals surface area contributed by atoms with Crippen LogP contribution in [0.3, 0.4) is 0 Å². The molecule has 0 amide bonds. The van der Waals surface area contributed by atoms with E-state index in [1.54, 1.807) is 12.2 Å². The number of esters is 1. The number of benzene rings is 3. The molecule has 1 aliphatic rings. The van der Waals surface area contributed by atoms with Crippen LogP contribution in [-0.2, 0) is 9.53 Å². The molecule has 0 atom stereocenters. The van der Waals surface area contributed by atoms with E-state index in [0.29, 0.717) is 18.3 Å². The molecular weight excluding hydrogens is 338 g/mol. The van der Waals surface area contributed by atoms with Crippen molar-refractivity contribution in [3.8, 4) is 5.75 Å². The Kier molecular flexibility index (Phi) is 4.54. The van der Waals surface area contributed by atoms with Crippen LogP contribution in [0.4, 0.5) is 0 Å². The molecule has 27 heavy (non-hydrogen) atoms. The highest BCUT2D eigenvalue weighted by Gasteiger charge is 2.25. The fourth-order valence-electron chi connectivity index (χ4n) is 2.94. The Hall–Kier alpha value is -3.66. The topological polar surface area (TPSA) is 47.9 Å². The zero-order valence-electron chi connectivity index (χ0n) is 14.6. The van der Waals surface area contributed by atoms with Crippen molar-refractivity contribution in [1.29, 1.82) is 0 Å². The van der Waals surface area contributed by atoms with Crippen LogP contribution in [0, 0.1) is 0 Å². The van der Waals surface area contributed by atoms with Crippen molar-refractivity contribution in [2.45, 2.75) is 0 Å². The van der Waals surface area contributed by atoms with E-state index in [0.717, 1.165) is 21.9 Å². The lowest BCUT2D eigenvalue weighted by Crippen LogP contribution is -2.05. The van der Waals surface area contributed by atoms with E-state index >= 15 is 0 Å². The molecule has 3 aromatic carbocycles. The summed E-state index contributed by atoms with van der Waals surface area (Å²) in [4.78, 5) is 16.7. The molecule has 0 bridgehead atoms. The lowest BCUT2D eigenvalue weighted by Gasteiger charge is -2.04. The highest BCUT2D eigenvalue weighted by Crippen LogP contribution is 2.25. The van der Waals surface area contributed by atoms with Crippen molar-refractivity contribution in [1.82, 2.24) is 0 Å². The lowest BCUT2D eigenvalue weighted by atomic mass is 10.0. The Balaban J connectivity index is 1.69. The quantitative estimate of drug-likeness (QED) is 0.377. The van der Waals surface area contributed by atoms with Crippen molar-refractivity contribution in [3.05, 3.63) is 96.2 Å². The summed E-state index contributed by atoms with van der Waals surface area (Å²) >= 11 is 0. The average molecular weight is 355 g/mol. The van der Waals surface area contributed by atoms with Crippen LogP contribution in [0.15, 0.2) is 90.1 Å². The zero-order chi connectivity index (χ0) is 18.6. The number of fused-ring (bicyclic) bond motifs is 1. The van der Waals surface area contributed by atoms with E-state index < -0.39 is 5.97 Å². The van der Waals surface area contributed by atoms with Gasteiger partial charge in [-0.15, -0.1) is 0 Å². The molecule has 132 valence electrons. The Morgan fingerprint density at radius 1 is 1.04 bits per heavy atom. The maximum atomic E-state index is 12.3. The summed E-state index contributed by atoms with van der Waals surface area (Å²) in [6.07, 6.45) is 3.38. The minimum atomic E-state index is -0.463. The van der Waals surface area contributed by atoms with Crippen molar-refractivity contribution in [3.63, 3.8) is 0 Å². The molecule has 0 spiro atoms. The number of carbonyl (C=O) groups is 1. The smallest absolute Gasteiger partial charge is 0.363 e. The summed E-state index contributed by atoms with van der Waals surface area (Å²) in [5.41, 5.74) is 1.87. The average Bonchev–Trinajstić information content (AvgIpc) is 3.06. The first-order valence-corrected chi connectivity index (χ1v) is 8.59. The van der Waals surface area contributed by atoms with Crippen molar-refractivity contribution in [2.24, 2.45) is 4.99 Å². The number of aliphatic imine (C=N–C) groups is 1. The monoisotopic (exact) mass is 355 g/mol. The third kappa shape index (κ3) is 3.51. The van der Waals surface area contributed by atoms with E-state index in [4.69, 9.17) is 9.47 Å². The number of rotatable bonds is 5. The van der Waals surface area contributed by atoms with Gasteiger partial charge in [-0.05, 0) is 40.6 Å². The second-order valence-corrected chi connectivity index (χ2v) is 6.03. The summed E-state index contributed by atoms with van der Waals surface area (Å²) in [7, 11) is 0. The summed E-state index contributed by atoms with van der Waals surface area (Å²) in [5.74, 6) is 0.561. The summed E-state index contributed by atoms with van der Waals surface area (Å²) in [5, 5.41) is 2.06. The Morgan fingerprint density at radius 3 is 2.74 bits per heavy atom. The van der Waals surface area contributed by atoms with E-state index in [1.807, 2.05) is 66.7 Å². The third-order valence-electron chi connectivity index (χ3n) is 4.17. The van der Waals surface area contributed by atoms with Crippen molar-refractivity contribution < 1.29 is 14.3 Å². The van der Waals surface area contributed by atoms with E-state index in [1.165, 1.54) is 0 Å². The molecule has 4 rings (SSSR count). The van der Waals surface area contributed by atoms with E-state index in [2.05, 4.69) is 11.6 Å². The van der Waals surface area contributed by atoms with Crippen LogP contribution in [0.2, 0.25) is 0 Å². The van der Waals surface area contributed by atoms with Gasteiger partial charge in [0.15, 0.2) is 5.70 Å². The van der Waals surface area contributed by atoms with Gasteiger partial charge in [0.1, 0.15) is 12.4 Å². The molecule has 4 heteroatoms. The van der Waals surface area contributed by atoms with Crippen LogP contribution in [-0.4, -0.2) is 18.5 Å². The van der Waals surface area contributed by atoms with E-state index in [9.17, 15) is 4.79 Å². The zero-order valence-corrected chi connectivity index (χ0v) is 14.6. The number of cyclic esters (lactones) is 1. The molecule has 1 aliphatic heterocycles. The number of carbonyl (C=O) groups excluding carboxylic acids is 1. The second kappa shape index (κ2) is 7.30. The third-order valence-corrected chi connectivity index (χ3v) is 4.17. The lowest BCUT2D eigenvalue weighted by molar-refractivity contribution is -0.129. The number of ether oxygens (including phenoxy) is 2. The molecule has 0 N–H and O–H groups in total. The molecule has 0 unspecified atom stereocenters. The predicted molar refractivity (Wildman–Crippen MR) is 107 cm³/mol. The first-order valence-electron chi connectivity index (χ1n) is 8.59. The second-order valence-electron chi connectivity index (χ2n) is 6.03. The standard InChI is InChI=1S/C23H17NO3/c1-2-13-26-18-10-5-7-16(14-18)15-21-23(25)27-22(24-21)20-12-6-9-17-8-3-4-11-19(17)20/h2-12,14-15H,1,13H2. The fraction of sp³-hybridized carbons (Fsp3) is 0.0435. The fourth-order valence-corrected chi connectivity index (χ4v) is 2.94. The van der Waals surface area contributed by atoms with Gasteiger partial charge in [0.05, 0.1) is 0 Å². The molecule has 4 nitrogen and oxygen atoms in total. The Morgan fingerprint density at radius 2 is 1.85 bits per heavy atom. The van der Waals surface area contributed by atoms with Gasteiger partial charge >= 0.3 is 5.97 Å². The van der Waals surface area contributed by atoms with Gasteiger partial charge in [-0.1, -0.05) is 61.2 Å². The van der Waals surface area contributed by atoms with Gasteiger partial charge in [-0.3, -0.25) is 0 Å². The van der Waals surface area contributed by atoms with Crippen molar-refractivity contribution in [2.75, 3.05) is 6.61 Å². The molecule has 0 radical (unpaired) electrons. The Labute approximate surface area is 157 Å². The number of nitrogens with zero attached hydrogens (tertiary/aromatic N) is 1. The van der Waals surface area contributed by atoms with Crippen LogP contribution >= 0.6 is 0 Å².